The predicted molar refractivity (Wildman–Crippen MR) is 100 cm³/mol. The van der Waals surface area contributed by atoms with Gasteiger partial charge in [0.25, 0.3) is 0 Å². The van der Waals surface area contributed by atoms with E-state index in [-0.39, 0.29) is 29.6 Å². The van der Waals surface area contributed by atoms with Crippen LogP contribution in [-0.4, -0.2) is 58.2 Å². The van der Waals surface area contributed by atoms with Gasteiger partial charge in [-0.1, -0.05) is 17.3 Å². The van der Waals surface area contributed by atoms with Gasteiger partial charge < -0.3 is 14.3 Å². The van der Waals surface area contributed by atoms with Crippen molar-refractivity contribution < 1.29 is 22.2 Å². The molecule has 0 aliphatic carbocycles. The number of aryl methyl sites for hydroxylation is 1. The average molecular weight is 395 g/mol. The lowest BCUT2D eigenvalue weighted by atomic mass is 10.2. The van der Waals surface area contributed by atoms with E-state index >= 15 is 0 Å². The van der Waals surface area contributed by atoms with Crippen molar-refractivity contribution in [3.05, 3.63) is 47.7 Å². The molecule has 1 aromatic heterocycles. The van der Waals surface area contributed by atoms with E-state index in [9.17, 15) is 12.8 Å². The Morgan fingerprint density at radius 2 is 1.85 bits per heavy atom. The molecule has 2 heterocycles. The zero-order chi connectivity index (χ0) is 19.6. The van der Waals surface area contributed by atoms with Crippen molar-refractivity contribution >= 4 is 21.8 Å². The molecule has 1 fully saturated rings. The van der Waals surface area contributed by atoms with Gasteiger partial charge in [-0.05, 0) is 19.1 Å². The number of piperazine rings is 1. The zero-order valence-corrected chi connectivity index (χ0v) is 16.5. The van der Waals surface area contributed by atoms with Crippen LogP contribution in [0.2, 0.25) is 0 Å². The van der Waals surface area contributed by atoms with E-state index in [4.69, 9.17) is 4.52 Å². The lowest BCUT2D eigenvalue weighted by molar-refractivity contribution is -0.800. The largest absolute Gasteiger partial charge is 0.367 e. The first-order valence-corrected chi connectivity index (χ1v) is 10.2. The molecule has 3 rings (SSSR count). The third kappa shape index (κ3) is 4.05. The molecule has 9 heteroatoms. The van der Waals surface area contributed by atoms with Gasteiger partial charge in [-0.3, -0.25) is 0 Å². The van der Waals surface area contributed by atoms with E-state index in [1.165, 1.54) is 10.4 Å². The van der Waals surface area contributed by atoms with Gasteiger partial charge in [-0.15, -0.1) is 0 Å². The third-order valence-corrected chi connectivity index (χ3v) is 6.49. The van der Waals surface area contributed by atoms with Gasteiger partial charge in [0, 0.05) is 32.3 Å². The molecule has 0 bridgehead atoms. The molecular formula is C18H24FN4O3S+. The molecule has 0 amide bonds. The number of sulfonamides is 1. The number of aromatic nitrogens is 1. The number of halogens is 1. The summed E-state index contributed by atoms with van der Waals surface area (Å²) in [5.41, 5.74) is 0.827. The normalized spacial score (nSPS) is 16.6. The molecule has 146 valence electrons. The highest BCUT2D eigenvalue weighted by molar-refractivity contribution is 7.89. The van der Waals surface area contributed by atoms with E-state index in [1.54, 1.807) is 37.4 Å². The number of rotatable bonds is 5. The standard InChI is InChI=1S/C18H23FN4O3S/c1-14-18(17(26-20-14)8-9-21(2)3)27(24,25)23-12-10-22(11-13-23)16-7-5-4-6-15(16)19/h4-9H,10-13H2,1-3H3/p+1. The molecular weight excluding hydrogens is 371 g/mol. The summed E-state index contributed by atoms with van der Waals surface area (Å²) < 4.78 is 46.9. The minimum Gasteiger partial charge on any atom is -0.367 e. The highest BCUT2D eigenvalue weighted by Crippen LogP contribution is 2.27. The Labute approximate surface area is 158 Å². The first-order chi connectivity index (χ1) is 12.8. The van der Waals surface area contributed by atoms with E-state index in [2.05, 4.69) is 5.16 Å². The topological polar surface area (TPSA) is 71.1 Å². The average Bonchev–Trinajstić information content (AvgIpc) is 3.02. The Balaban J connectivity index is 1.80. The van der Waals surface area contributed by atoms with E-state index < -0.39 is 10.0 Å². The van der Waals surface area contributed by atoms with Crippen LogP contribution in [0.5, 0.6) is 0 Å². The quantitative estimate of drug-likeness (QED) is 0.809. The minimum absolute atomic E-state index is 0.0966. The number of nitrogens with zero attached hydrogens (tertiary/aromatic N) is 3. The minimum atomic E-state index is -3.75. The Morgan fingerprint density at radius 1 is 1.19 bits per heavy atom. The maximum absolute atomic E-state index is 14.0. The van der Waals surface area contributed by atoms with Crippen LogP contribution in [-0.2, 0) is 10.0 Å². The first kappa shape index (κ1) is 19.5. The fourth-order valence-electron chi connectivity index (χ4n) is 3.05. The summed E-state index contributed by atoms with van der Waals surface area (Å²) in [6, 6.07) is 6.52. The molecule has 0 unspecified atom stereocenters. The van der Waals surface area contributed by atoms with Crippen LogP contribution in [0.1, 0.15) is 11.5 Å². The number of para-hydroxylation sites is 1. The molecule has 1 N–H and O–H groups in total. The van der Waals surface area contributed by atoms with Gasteiger partial charge in [0.15, 0.2) is 10.7 Å². The summed E-state index contributed by atoms with van der Waals surface area (Å²) in [7, 11) is 0.0776. The Bertz CT molecular complexity index is 932. The van der Waals surface area contributed by atoms with Gasteiger partial charge >= 0.3 is 0 Å². The summed E-state index contributed by atoms with van der Waals surface area (Å²) in [5, 5.41) is 3.83. The summed E-state index contributed by atoms with van der Waals surface area (Å²) in [5.74, 6) is -0.0764. The van der Waals surface area contributed by atoms with Crippen LogP contribution < -0.4 is 9.80 Å². The van der Waals surface area contributed by atoms with Gasteiger partial charge in [-0.2, -0.15) is 4.31 Å². The van der Waals surface area contributed by atoms with Crippen LogP contribution >= 0.6 is 0 Å². The van der Waals surface area contributed by atoms with Gasteiger partial charge in [-0.25, -0.2) is 12.8 Å². The number of quaternary nitrogens is 1. The molecule has 1 aliphatic heterocycles. The number of hydrogen-bond acceptors (Lipinski definition) is 5. The highest BCUT2D eigenvalue weighted by atomic mass is 32.2. The van der Waals surface area contributed by atoms with Gasteiger partial charge in [0.2, 0.25) is 10.0 Å². The fraction of sp³-hybridized carbons (Fsp3) is 0.389. The van der Waals surface area contributed by atoms with Crippen molar-refractivity contribution in [3.8, 4) is 0 Å². The molecule has 7 nitrogen and oxygen atoms in total. The second-order valence-electron chi connectivity index (χ2n) is 6.71. The van der Waals surface area contributed by atoms with Crippen LogP contribution in [0.15, 0.2) is 39.9 Å². The smallest absolute Gasteiger partial charge is 0.248 e. The van der Waals surface area contributed by atoms with Crippen LogP contribution in [0.25, 0.3) is 6.08 Å². The lowest BCUT2D eigenvalue weighted by Gasteiger charge is -2.35. The SMILES string of the molecule is Cc1noc(C=C[NH+](C)C)c1S(=O)(=O)N1CCN(c2ccccc2F)CC1. The summed E-state index contributed by atoms with van der Waals surface area (Å²) in [6.07, 6.45) is 3.41. The molecule has 1 saturated heterocycles. The van der Waals surface area contributed by atoms with Crippen molar-refractivity contribution in [1.29, 1.82) is 0 Å². The molecule has 0 spiro atoms. The maximum Gasteiger partial charge on any atom is 0.248 e. The number of nitrogens with one attached hydrogen (secondary N) is 1. The fourth-order valence-corrected chi connectivity index (χ4v) is 4.72. The van der Waals surface area contributed by atoms with Crippen LogP contribution in [0.4, 0.5) is 10.1 Å². The molecule has 1 aromatic carbocycles. The summed E-state index contributed by atoms with van der Waals surface area (Å²) >= 11 is 0. The second-order valence-corrected chi connectivity index (χ2v) is 8.59. The van der Waals surface area contributed by atoms with E-state index in [0.717, 1.165) is 4.90 Å². The lowest BCUT2D eigenvalue weighted by Crippen LogP contribution is -3.00. The van der Waals surface area contributed by atoms with Crippen molar-refractivity contribution in [3.63, 3.8) is 0 Å². The number of hydrogen-bond donors (Lipinski definition) is 1. The number of benzene rings is 1. The van der Waals surface area contributed by atoms with E-state index in [0.29, 0.717) is 24.5 Å². The second kappa shape index (κ2) is 7.79. The first-order valence-electron chi connectivity index (χ1n) is 8.75. The predicted octanol–water partition coefficient (Wildman–Crippen LogP) is 0.748. The van der Waals surface area contributed by atoms with Crippen molar-refractivity contribution in [2.45, 2.75) is 11.8 Å². The van der Waals surface area contributed by atoms with Crippen molar-refractivity contribution in [1.82, 2.24) is 9.46 Å². The molecule has 27 heavy (non-hydrogen) atoms. The van der Waals surface area contributed by atoms with Crippen LogP contribution in [0.3, 0.4) is 0 Å². The third-order valence-electron chi connectivity index (χ3n) is 4.43. The maximum atomic E-state index is 14.0. The van der Waals surface area contributed by atoms with Crippen molar-refractivity contribution in [2.24, 2.45) is 0 Å². The zero-order valence-electron chi connectivity index (χ0n) is 15.6. The monoisotopic (exact) mass is 395 g/mol. The molecule has 0 radical (unpaired) electrons. The highest BCUT2D eigenvalue weighted by Gasteiger charge is 2.34. The Morgan fingerprint density at radius 3 is 2.48 bits per heavy atom. The van der Waals surface area contributed by atoms with Crippen LogP contribution in [0, 0.1) is 12.7 Å². The Hall–Kier alpha value is -2.23. The van der Waals surface area contributed by atoms with Gasteiger partial charge in [0.05, 0.1) is 26.0 Å². The Kier molecular flexibility index (Phi) is 5.64. The number of anilines is 1. The van der Waals surface area contributed by atoms with Crippen molar-refractivity contribution in [2.75, 3.05) is 45.2 Å². The molecule has 1 aliphatic rings. The molecule has 0 saturated carbocycles. The summed E-state index contributed by atoms with van der Waals surface area (Å²) in [4.78, 5) is 2.98. The molecule has 2 aromatic rings. The molecule has 0 atom stereocenters. The summed E-state index contributed by atoms with van der Waals surface area (Å²) in [6.45, 7) is 2.98. The van der Waals surface area contributed by atoms with Gasteiger partial charge in [0.1, 0.15) is 11.5 Å². The van der Waals surface area contributed by atoms with E-state index in [1.807, 2.05) is 19.0 Å².